The Bertz CT molecular complexity index is 380. The molecule has 1 heterocycles. The molecule has 1 aliphatic carbocycles. The summed E-state index contributed by atoms with van der Waals surface area (Å²) < 4.78 is 22.9. The number of rotatable bonds is 5. The topological polar surface area (TPSA) is 70.7 Å². The smallest absolute Gasteiger partial charge is 0.293 e. The molecule has 2 rings (SSSR count). The molecular formula is C17H35N3O3S. The van der Waals surface area contributed by atoms with Gasteiger partial charge in [-0.1, -0.05) is 25.7 Å². The number of nitrogens with one attached hydrogen (secondary N) is 2. The predicted octanol–water partition coefficient (Wildman–Crippen LogP) is 2.13. The molecule has 0 radical (unpaired) electrons. The molecule has 1 saturated carbocycles. The van der Waals surface area contributed by atoms with Crippen LogP contribution in [0.4, 0.5) is 0 Å². The molecular weight excluding hydrogens is 326 g/mol. The van der Waals surface area contributed by atoms with Gasteiger partial charge in [0.2, 0.25) is 0 Å². The average molecular weight is 362 g/mol. The summed E-state index contributed by atoms with van der Waals surface area (Å²) >= 11 is -1.06. The first-order chi connectivity index (χ1) is 11.3. The lowest BCUT2D eigenvalue weighted by Crippen LogP contribution is -2.43. The molecule has 1 saturated heterocycles. The van der Waals surface area contributed by atoms with Crippen LogP contribution in [0.25, 0.3) is 0 Å². The number of carbonyl (C=O) groups excluding carboxylic acids is 1. The highest BCUT2D eigenvalue weighted by atomic mass is 32.2. The van der Waals surface area contributed by atoms with Crippen molar-refractivity contribution < 1.29 is 13.7 Å². The van der Waals surface area contributed by atoms with Crippen LogP contribution < -0.4 is 9.44 Å². The molecule has 2 unspecified atom stereocenters. The van der Waals surface area contributed by atoms with Gasteiger partial charge in [-0.15, -0.1) is 0 Å². The van der Waals surface area contributed by atoms with Crippen LogP contribution >= 0.6 is 0 Å². The van der Waals surface area contributed by atoms with Crippen molar-refractivity contribution in [2.75, 3.05) is 20.1 Å². The van der Waals surface area contributed by atoms with Gasteiger partial charge < -0.3 is 9.64 Å². The molecule has 0 spiro atoms. The summed E-state index contributed by atoms with van der Waals surface area (Å²) in [7, 11) is 2.11. The van der Waals surface area contributed by atoms with Crippen LogP contribution in [0.2, 0.25) is 0 Å². The first-order valence-corrected chi connectivity index (χ1v) is 10.2. The number of likely N-dealkylation sites (N-methyl/N-ethyl adjacent to an activating group) is 1. The Balaban J connectivity index is 0.000000351. The standard InChI is InChI=1S/C12H25N3OS.C5H10O2/c1-15-9-8-12(10-15)14-17(16)13-11-6-4-2-3-5-7-11;1-5(2,3)7-4-6/h11-14H,2-10H2,1H3;4H,1-3H3. The van der Waals surface area contributed by atoms with E-state index in [1.807, 2.05) is 20.8 Å². The molecule has 0 aromatic rings. The third-order valence-corrected chi connectivity index (χ3v) is 5.29. The summed E-state index contributed by atoms with van der Waals surface area (Å²) in [5.41, 5.74) is -0.318. The van der Waals surface area contributed by atoms with E-state index in [9.17, 15) is 9.00 Å². The van der Waals surface area contributed by atoms with Crippen LogP contribution in [-0.2, 0) is 20.7 Å². The minimum Gasteiger partial charge on any atom is -0.462 e. The van der Waals surface area contributed by atoms with Crippen molar-refractivity contribution in [2.24, 2.45) is 0 Å². The fourth-order valence-corrected chi connectivity index (χ4v) is 4.01. The molecule has 7 heteroatoms. The van der Waals surface area contributed by atoms with Crippen LogP contribution in [0.3, 0.4) is 0 Å². The van der Waals surface area contributed by atoms with Gasteiger partial charge in [-0.25, -0.2) is 13.7 Å². The van der Waals surface area contributed by atoms with E-state index in [1.54, 1.807) is 0 Å². The van der Waals surface area contributed by atoms with Crippen LogP contribution in [0.1, 0.15) is 65.7 Å². The largest absolute Gasteiger partial charge is 0.462 e. The van der Waals surface area contributed by atoms with Crippen LogP contribution in [-0.4, -0.2) is 53.4 Å². The van der Waals surface area contributed by atoms with Crippen LogP contribution in [0, 0.1) is 0 Å². The zero-order valence-corrected chi connectivity index (χ0v) is 16.5. The maximum Gasteiger partial charge on any atom is 0.293 e. The molecule has 6 nitrogen and oxygen atoms in total. The van der Waals surface area contributed by atoms with Crippen molar-refractivity contribution in [3.8, 4) is 0 Å². The normalized spacial score (nSPS) is 24.6. The SMILES string of the molecule is CC(C)(C)OC=O.CN1CCC(NS(=O)NC2CCCCCC2)C1. The average Bonchev–Trinajstić information content (AvgIpc) is 2.72. The number of ether oxygens (including phenoxy) is 1. The van der Waals surface area contributed by atoms with Gasteiger partial charge in [-0.2, -0.15) is 0 Å². The lowest BCUT2D eigenvalue weighted by Gasteiger charge is -2.18. The number of hydrogen-bond donors (Lipinski definition) is 2. The predicted molar refractivity (Wildman–Crippen MR) is 98.7 cm³/mol. The van der Waals surface area contributed by atoms with E-state index in [0.29, 0.717) is 18.6 Å². The van der Waals surface area contributed by atoms with E-state index < -0.39 is 11.2 Å². The molecule has 2 N–H and O–H groups in total. The van der Waals surface area contributed by atoms with E-state index in [4.69, 9.17) is 0 Å². The summed E-state index contributed by atoms with van der Waals surface area (Å²) in [6.45, 7) is 8.04. The highest BCUT2D eigenvalue weighted by Crippen LogP contribution is 2.17. The van der Waals surface area contributed by atoms with Crippen molar-refractivity contribution in [2.45, 2.75) is 83.4 Å². The Morgan fingerprint density at radius 1 is 1.04 bits per heavy atom. The first-order valence-electron chi connectivity index (χ1n) is 9.04. The van der Waals surface area contributed by atoms with Gasteiger partial charge >= 0.3 is 0 Å². The monoisotopic (exact) mass is 361 g/mol. The molecule has 24 heavy (non-hydrogen) atoms. The van der Waals surface area contributed by atoms with Crippen molar-refractivity contribution in [3.05, 3.63) is 0 Å². The minimum atomic E-state index is -1.06. The summed E-state index contributed by atoms with van der Waals surface area (Å²) in [4.78, 5) is 11.9. The van der Waals surface area contributed by atoms with Crippen molar-refractivity contribution in [1.29, 1.82) is 0 Å². The quantitative estimate of drug-likeness (QED) is 0.581. The van der Waals surface area contributed by atoms with Gasteiger partial charge in [0.05, 0.1) is 0 Å². The van der Waals surface area contributed by atoms with Crippen LogP contribution in [0.5, 0.6) is 0 Å². The van der Waals surface area contributed by atoms with Gasteiger partial charge in [0.1, 0.15) is 5.60 Å². The van der Waals surface area contributed by atoms with E-state index in [2.05, 4.69) is 26.1 Å². The number of likely N-dealkylation sites (tertiary alicyclic amines) is 1. The fraction of sp³-hybridized carbons (Fsp3) is 0.941. The van der Waals surface area contributed by atoms with E-state index in [0.717, 1.165) is 19.5 Å². The summed E-state index contributed by atoms with van der Waals surface area (Å²) in [6, 6.07) is 0.837. The maximum absolute atomic E-state index is 12.0. The molecule has 142 valence electrons. The van der Waals surface area contributed by atoms with E-state index in [1.165, 1.54) is 38.5 Å². The third-order valence-electron chi connectivity index (χ3n) is 4.20. The fourth-order valence-electron chi connectivity index (χ4n) is 2.91. The molecule has 0 bridgehead atoms. The third kappa shape index (κ3) is 10.4. The lowest BCUT2D eigenvalue weighted by molar-refractivity contribution is -0.138. The first kappa shape index (κ1) is 21.5. The Hall–Kier alpha value is -0.500. The molecule has 2 atom stereocenters. The lowest BCUT2D eigenvalue weighted by atomic mass is 10.1. The summed E-state index contributed by atoms with van der Waals surface area (Å²) in [6.07, 6.45) is 8.70. The Morgan fingerprint density at radius 2 is 1.62 bits per heavy atom. The van der Waals surface area contributed by atoms with Gasteiger partial charge in [0.25, 0.3) is 6.47 Å². The number of hydrogen-bond acceptors (Lipinski definition) is 4. The maximum atomic E-state index is 12.0. The highest BCUT2D eigenvalue weighted by molar-refractivity contribution is 7.81. The summed E-state index contributed by atoms with van der Waals surface area (Å²) in [5, 5.41) is 0. The zero-order valence-electron chi connectivity index (χ0n) is 15.7. The second-order valence-corrected chi connectivity index (χ2v) is 8.78. The molecule has 1 aliphatic heterocycles. The number of carbonyl (C=O) groups is 1. The molecule has 2 fully saturated rings. The van der Waals surface area contributed by atoms with Gasteiger partial charge in [0, 0.05) is 18.6 Å². The van der Waals surface area contributed by atoms with Crippen molar-refractivity contribution in [1.82, 2.24) is 14.3 Å². The second kappa shape index (κ2) is 11.2. The van der Waals surface area contributed by atoms with Crippen molar-refractivity contribution in [3.63, 3.8) is 0 Å². The van der Waals surface area contributed by atoms with Crippen LogP contribution in [0.15, 0.2) is 0 Å². The number of nitrogens with zero attached hydrogens (tertiary/aromatic N) is 1. The molecule has 0 amide bonds. The van der Waals surface area contributed by atoms with E-state index in [-0.39, 0.29) is 5.60 Å². The molecule has 0 aromatic heterocycles. The van der Waals surface area contributed by atoms with Gasteiger partial charge in [-0.05, 0) is 53.6 Å². The Kier molecular flexibility index (Phi) is 10.0. The summed E-state index contributed by atoms with van der Waals surface area (Å²) in [5.74, 6) is 0. The highest BCUT2D eigenvalue weighted by Gasteiger charge is 2.22. The van der Waals surface area contributed by atoms with Gasteiger partial charge in [-0.3, -0.25) is 4.79 Å². The minimum absolute atomic E-state index is 0.318. The second-order valence-electron chi connectivity index (χ2n) is 7.77. The van der Waals surface area contributed by atoms with Gasteiger partial charge in [0.15, 0.2) is 11.2 Å². The molecule has 0 aromatic carbocycles. The van der Waals surface area contributed by atoms with E-state index >= 15 is 0 Å². The van der Waals surface area contributed by atoms with Crippen molar-refractivity contribution >= 4 is 17.6 Å². The molecule has 2 aliphatic rings. The Labute approximate surface area is 149 Å². The zero-order chi connectivity index (χ0) is 18.0. The Morgan fingerprint density at radius 3 is 2.04 bits per heavy atom.